The van der Waals surface area contributed by atoms with E-state index in [0.717, 1.165) is 28.8 Å². The molecule has 0 amide bonds. The number of aliphatic imine (C=N–C) groups is 1. The molecule has 0 fully saturated rings. The molecule has 0 bridgehead atoms. The Labute approximate surface area is 165 Å². The predicted molar refractivity (Wildman–Crippen MR) is 111 cm³/mol. The summed E-state index contributed by atoms with van der Waals surface area (Å²) in [5.74, 6) is 3.13. The molecule has 0 aliphatic rings. The number of aromatic nitrogens is 3. The molecule has 0 atom stereocenters. The van der Waals surface area contributed by atoms with Crippen molar-refractivity contribution in [3.8, 4) is 11.3 Å². The minimum atomic E-state index is -0.0561. The lowest BCUT2D eigenvalue weighted by Crippen LogP contribution is -2.38. The Morgan fingerprint density at radius 2 is 1.93 bits per heavy atom. The lowest BCUT2D eigenvalue weighted by molar-refractivity contribution is 0.376. The van der Waals surface area contributed by atoms with Crippen LogP contribution in [0.15, 0.2) is 52.1 Å². The maximum atomic E-state index is 5.83. The van der Waals surface area contributed by atoms with E-state index in [1.807, 2.05) is 36.3 Å². The average Bonchev–Trinajstić information content (AvgIpc) is 3.32. The Kier molecular flexibility index (Phi) is 5.82. The van der Waals surface area contributed by atoms with Crippen molar-refractivity contribution in [1.29, 1.82) is 0 Å². The van der Waals surface area contributed by atoms with Crippen LogP contribution in [0.2, 0.25) is 0 Å². The van der Waals surface area contributed by atoms with E-state index < -0.39 is 0 Å². The van der Waals surface area contributed by atoms with Crippen LogP contribution < -0.4 is 5.32 Å². The topological polar surface area (TPSA) is 82.3 Å². The van der Waals surface area contributed by atoms with Crippen LogP contribution in [-0.2, 0) is 18.5 Å². The molecule has 3 aromatic rings. The van der Waals surface area contributed by atoms with Gasteiger partial charge in [0.25, 0.3) is 0 Å². The highest BCUT2D eigenvalue weighted by molar-refractivity contribution is 5.79. The Morgan fingerprint density at radius 1 is 1.18 bits per heavy atom. The van der Waals surface area contributed by atoms with Crippen LogP contribution in [0.3, 0.4) is 0 Å². The van der Waals surface area contributed by atoms with Crippen molar-refractivity contribution >= 4 is 5.96 Å². The van der Waals surface area contributed by atoms with Crippen LogP contribution in [0.4, 0.5) is 0 Å². The van der Waals surface area contributed by atoms with Gasteiger partial charge in [0, 0.05) is 19.5 Å². The maximum absolute atomic E-state index is 5.83. The summed E-state index contributed by atoms with van der Waals surface area (Å²) in [7, 11) is 3.72. The number of nitrogens with zero attached hydrogens (tertiary/aromatic N) is 4. The van der Waals surface area contributed by atoms with Crippen LogP contribution in [0.5, 0.6) is 0 Å². The number of H-pyrrole nitrogens is 1. The van der Waals surface area contributed by atoms with Gasteiger partial charge in [-0.25, -0.2) is 9.97 Å². The Hall–Kier alpha value is -3.09. The Balaban J connectivity index is 1.59. The zero-order valence-electron chi connectivity index (χ0n) is 17.2. The van der Waals surface area contributed by atoms with Crippen LogP contribution in [-0.4, -0.2) is 39.9 Å². The highest BCUT2D eigenvalue weighted by Crippen LogP contribution is 2.22. The number of benzene rings is 1. The summed E-state index contributed by atoms with van der Waals surface area (Å²) in [6, 6.07) is 10.2. The van der Waals surface area contributed by atoms with Gasteiger partial charge in [0.05, 0.1) is 31.2 Å². The van der Waals surface area contributed by atoms with Crippen LogP contribution in [0, 0.1) is 0 Å². The van der Waals surface area contributed by atoms with Gasteiger partial charge in [0.2, 0.25) is 5.89 Å². The number of rotatable bonds is 5. The van der Waals surface area contributed by atoms with Gasteiger partial charge >= 0.3 is 0 Å². The van der Waals surface area contributed by atoms with Crippen LogP contribution in [0.1, 0.15) is 38.2 Å². The van der Waals surface area contributed by atoms with Crippen molar-refractivity contribution in [1.82, 2.24) is 25.2 Å². The molecule has 0 saturated heterocycles. The third kappa shape index (κ3) is 4.79. The lowest BCUT2D eigenvalue weighted by atomic mass is 9.94. The van der Waals surface area contributed by atoms with Crippen molar-refractivity contribution in [2.75, 3.05) is 14.1 Å². The highest BCUT2D eigenvalue weighted by atomic mass is 16.4. The number of aromatic amines is 1. The molecule has 0 aliphatic heterocycles. The molecule has 2 heterocycles. The molecular weight excluding hydrogens is 352 g/mol. The molecule has 28 heavy (non-hydrogen) atoms. The summed E-state index contributed by atoms with van der Waals surface area (Å²) in [6.45, 7) is 7.38. The van der Waals surface area contributed by atoms with Crippen molar-refractivity contribution < 1.29 is 4.42 Å². The molecule has 0 spiro atoms. The van der Waals surface area contributed by atoms with E-state index in [2.05, 4.69) is 58.2 Å². The molecule has 148 valence electrons. The van der Waals surface area contributed by atoms with Crippen LogP contribution >= 0.6 is 0 Å². The standard InChI is InChI=1S/C21H28N6O/c1-21(2,3)17-12-24-19(28-17)13-25-20(22-4)27(5)14-18-23-11-16(26-18)15-9-7-6-8-10-15/h6-12H,13-14H2,1-5H3,(H,22,25)(H,23,26). The number of hydrogen-bond acceptors (Lipinski definition) is 4. The normalized spacial score (nSPS) is 12.2. The van der Waals surface area contributed by atoms with Gasteiger partial charge in [0.15, 0.2) is 5.96 Å². The molecule has 2 N–H and O–H groups in total. The second kappa shape index (κ2) is 8.29. The molecule has 2 aromatic heterocycles. The minimum absolute atomic E-state index is 0.0561. The summed E-state index contributed by atoms with van der Waals surface area (Å²) in [4.78, 5) is 18.5. The molecule has 0 saturated carbocycles. The van der Waals surface area contributed by atoms with E-state index in [9.17, 15) is 0 Å². The number of oxazole rings is 1. The van der Waals surface area contributed by atoms with Gasteiger partial charge in [-0.15, -0.1) is 0 Å². The van der Waals surface area contributed by atoms with Crippen molar-refractivity contribution in [2.24, 2.45) is 4.99 Å². The molecule has 7 nitrogen and oxygen atoms in total. The SMILES string of the molecule is CN=C(NCc1ncc(C(C)(C)C)o1)N(C)Cc1ncc(-c2ccccc2)[nH]1. The maximum Gasteiger partial charge on any atom is 0.213 e. The van der Waals surface area contributed by atoms with E-state index in [-0.39, 0.29) is 5.41 Å². The van der Waals surface area contributed by atoms with E-state index in [1.165, 1.54) is 0 Å². The fraction of sp³-hybridized carbons (Fsp3) is 0.381. The number of hydrogen-bond donors (Lipinski definition) is 2. The van der Waals surface area contributed by atoms with Gasteiger partial charge in [0.1, 0.15) is 11.6 Å². The van der Waals surface area contributed by atoms with E-state index in [4.69, 9.17) is 4.42 Å². The zero-order valence-corrected chi connectivity index (χ0v) is 17.2. The minimum Gasteiger partial charge on any atom is -0.443 e. The summed E-state index contributed by atoms with van der Waals surface area (Å²) in [5, 5.41) is 3.29. The largest absolute Gasteiger partial charge is 0.443 e. The second-order valence-electron chi connectivity index (χ2n) is 7.73. The highest BCUT2D eigenvalue weighted by Gasteiger charge is 2.19. The molecule has 3 rings (SSSR count). The number of nitrogens with one attached hydrogen (secondary N) is 2. The van der Waals surface area contributed by atoms with Gasteiger partial charge in [-0.05, 0) is 5.56 Å². The Morgan fingerprint density at radius 3 is 2.57 bits per heavy atom. The predicted octanol–water partition coefficient (Wildman–Crippen LogP) is 3.57. The van der Waals surface area contributed by atoms with Gasteiger partial charge < -0.3 is 19.6 Å². The van der Waals surface area contributed by atoms with Crippen LogP contribution in [0.25, 0.3) is 11.3 Å². The smallest absolute Gasteiger partial charge is 0.213 e. The molecule has 0 aliphatic carbocycles. The van der Waals surface area contributed by atoms with Crippen molar-refractivity contribution in [2.45, 2.75) is 39.3 Å². The average molecular weight is 380 g/mol. The number of guanidine groups is 1. The number of imidazole rings is 1. The molecule has 0 unspecified atom stereocenters. The first kappa shape index (κ1) is 19.7. The summed E-state index contributed by atoms with van der Waals surface area (Å²) in [5.41, 5.74) is 2.06. The van der Waals surface area contributed by atoms with Gasteiger partial charge in [-0.2, -0.15) is 0 Å². The lowest BCUT2D eigenvalue weighted by Gasteiger charge is -2.20. The first-order chi connectivity index (χ1) is 13.4. The van der Waals surface area contributed by atoms with Gasteiger partial charge in [-0.3, -0.25) is 4.99 Å². The monoisotopic (exact) mass is 380 g/mol. The Bertz CT molecular complexity index is 920. The molecule has 1 aromatic carbocycles. The molecule has 0 radical (unpaired) electrons. The first-order valence-electron chi connectivity index (χ1n) is 9.33. The molecule has 7 heteroatoms. The van der Waals surface area contributed by atoms with E-state index in [1.54, 1.807) is 13.2 Å². The van der Waals surface area contributed by atoms with E-state index >= 15 is 0 Å². The summed E-state index contributed by atoms with van der Waals surface area (Å²) in [6.07, 6.45) is 3.65. The fourth-order valence-electron chi connectivity index (χ4n) is 2.78. The quantitative estimate of drug-likeness (QED) is 0.522. The fourth-order valence-corrected chi connectivity index (χ4v) is 2.78. The third-order valence-corrected chi connectivity index (χ3v) is 4.36. The summed E-state index contributed by atoms with van der Waals surface area (Å²) < 4.78 is 5.83. The zero-order chi connectivity index (χ0) is 20.1. The van der Waals surface area contributed by atoms with E-state index in [0.29, 0.717) is 19.0 Å². The summed E-state index contributed by atoms with van der Waals surface area (Å²) >= 11 is 0. The third-order valence-electron chi connectivity index (χ3n) is 4.36. The van der Waals surface area contributed by atoms with Crippen molar-refractivity contribution in [3.63, 3.8) is 0 Å². The molecular formula is C21H28N6O. The van der Waals surface area contributed by atoms with Crippen molar-refractivity contribution in [3.05, 3.63) is 60.2 Å². The first-order valence-corrected chi connectivity index (χ1v) is 9.33. The second-order valence-corrected chi connectivity index (χ2v) is 7.73. The van der Waals surface area contributed by atoms with Gasteiger partial charge in [-0.1, -0.05) is 51.1 Å².